The fraction of sp³-hybridized carbons (Fsp3) is 0.316. The molecule has 2 rings (SSSR count). The van der Waals surface area contributed by atoms with Crippen LogP contribution in [0.1, 0.15) is 30.1 Å². The molecule has 0 bridgehead atoms. The predicted octanol–water partition coefficient (Wildman–Crippen LogP) is 3.37. The van der Waals surface area contributed by atoms with Gasteiger partial charge in [-0.2, -0.15) is 0 Å². The van der Waals surface area contributed by atoms with Gasteiger partial charge in [0.2, 0.25) is 5.91 Å². The molecule has 0 radical (unpaired) electrons. The monoisotopic (exact) mass is 374 g/mol. The van der Waals surface area contributed by atoms with Crippen molar-refractivity contribution in [3.05, 3.63) is 57.6 Å². The number of rotatable bonds is 8. The van der Waals surface area contributed by atoms with Crippen molar-refractivity contribution in [1.29, 1.82) is 0 Å². The highest BCUT2D eigenvalue weighted by Crippen LogP contribution is 2.32. The van der Waals surface area contributed by atoms with E-state index >= 15 is 0 Å². The van der Waals surface area contributed by atoms with Crippen LogP contribution in [0.2, 0.25) is 0 Å². The van der Waals surface area contributed by atoms with E-state index in [1.165, 1.54) is 26.4 Å². The zero-order valence-electron chi connectivity index (χ0n) is 15.4. The molecule has 1 atom stereocenters. The number of nitro groups is 1. The number of aliphatic hydroxyl groups excluding tert-OH is 1. The van der Waals surface area contributed by atoms with E-state index in [1.807, 2.05) is 0 Å². The lowest BCUT2D eigenvalue weighted by Gasteiger charge is -2.16. The Morgan fingerprint density at radius 3 is 2.63 bits per heavy atom. The Balaban J connectivity index is 2.02. The fourth-order valence-electron chi connectivity index (χ4n) is 2.69. The molecule has 0 saturated heterocycles. The van der Waals surface area contributed by atoms with Crippen LogP contribution >= 0.6 is 0 Å². The summed E-state index contributed by atoms with van der Waals surface area (Å²) in [6, 6.07) is 9.54. The Labute approximate surface area is 156 Å². The SMILES string of the molecule is COc1ccc(C(O)CCC(=O)Nc2cccc([N+](=O)[O-])c2C)c(OC)c1. The first-order chi connectivity index (χ1) is 12.9. The third-order valence-corrected chi connectivity index (χ3v) is 4.22. The van der Waals surface area contributed by atoms with Gasteiger partial charge in [-0.15, -0.1) is 0 Å². The van der Waals surface area contributed by atoms with Crippen LogP contribution in [0, 0.1) is 17.0 Å². The van der Waals surface area contributed by atoms with Gasteiger partial charge < -0.3 is 19.9 Å². The Morgan fingerprint density at radius 1 is 1.26 bits per heavy atom. The van der Waals surface area contributed by atoms with Gasteiger partial charge >= 0.3 is 0 Å². The Kier molecular flexibility index (Phi) is 6.73. The zero-order chi connectivity index (χ0) is 20.0. The van der Waals surface area contributed by atoms with Gasteiger partial charge in [-0.05, 0) is 31.5 Å². The molecule has 0 saturated carbocycles. The van der Waals surface area contributed by atoms with Crippen molar-refractivity contribution < 1.29 is 24.3 Å². The third-order valence-electron chi connectivity index (χ3n) is 4.22. The van der Waals surface area contributed by atoms with Crippen molar-refractivity contribution in [2.75, 3.05) is 19.5 Å². The molecule has 0 heterocycles. The molecule has 2 aromatic carbocycles. The van der Waals surface area contributed by atoms with E-state index in [4.69, 9.17) is 9.47 Å². The summed E-state index contributed by atoms with van der Waals surface area (Å²) in [6.07, 6.45) is -0.691. The number of hydrogen-bond acceptors (Lipinski definition) is 6. The number of nitrogens with one attached hydrogen (secondary N) is 1. The van der Waals surface area contributed by atoms with Crippen LogP contribution in [0.5, 0.6) is 11.5 Å². The number of amides is 1. The number of aliphatic hydroxyl groups is 1. The highest BCUT2D eigenvalue weighted by molar-refractivity contribution is 5.92. The molecule has 0 aromatic heterocycles. The van der Waals surface area contributed by atoms with Gasteiger partial charge in [-0.25, -0.2) is 0 Å². The number of benzene rings is 2. The first-order valence-corrected chi connectivity index (χ1v) is 8.31. The Hall–Kier alpha value is -3.13. The van der Waals surface area contributed by atoms with Gasteiger partial charge in [-0.3, -0.25) is 14.9 Å². The summed E-state index contributed by atoms with van der Waals surface area (Å²) in [4.78, 5) is 22.7. The first kappa shape index (κ1) is 20.2. The lowest BCUT2D eigenvalue weighted by molar-refractivity contribution is -0.385. The van der Waals surface area contributed by atoms with Crippen molar-refractivity contribution in [3.8, 4) is 11.5 Å². The maximum atomic E-state index is 12.2. The minimum atomic E-state index is -0.900. The smallest absolute Gasteiger partial charge is 0.274 e. The van der Waals surface area contributed by atoms with Gasteiger partial charge in [0, 0.05) is 24.1 Å². The maximum Gasteiger partial charge on any atom is 0.274 e. The minimum absolute atomic E-state index is 0.0402. The van der Waals surface area contributed by atoms with Crippen molar-refractivity contribution >= 4 is 17.3 Å². The van der Waals surface area contributed by atoms with Crippen molar-refractivity contribution in [2.45, 2.75) is 25.9 Å². The number of anilines is 1. The van der Waals surface area contributed by atoms with E-state index in [0.717, 1.165) is 0 Å². The van der Waals surface area contributed by atoms with Crippen LogP contribution in [0.15, 0.2) is 36.4 Å². The number of carbonyl (C=O) groups is 1. The molecule has 1 unspecified atom stereocenters. The number of carbonyl (C=O) groups excluding carboxylic acids is 1. The summed E-state index contributed by atoms with van der Waals surface area (Å²) in [5, 5.41) is 24.0. The van der Waals surface area contributed by atoms with Crippen LogP contribution in [0.3, 0.4) is 0 Å². The maximum absolute atomic E-state index is 12.2. The third kappa shape index (κ3) is 4.95. The summed E-state index contributed by atoms with van der Waals surface area (Å²) < 4.78 is 10.4. The largest absolute Gasteiger partial charge is 0.497 e. The van der Waals surface area contributed by atoms with E-state index in [0.29, 0.717) is 28.3 Å². The molecule has 8 heteroatoms. The minimum Gasteiger partial charge on any atom is -0.497 e. The highest BCUT2D eigenvalue weighted by atomic mass is 16.6. The van der Waals surface area contributed by atoms with Crippen LogP contribution < -0.4 is 14.8 Å². The molecule has 2 aromatic rings. The van der Waals surface area contributed by atoms with Gasteiger partial charge in [0.25, 0.3) is 5.69 Å². The van der Waals surface area contributed by atoms with Crippen LogP contribution in [0.25, 0.3) is 0 Å². The summed E-state index contributed by atoms with van der Waals surface area (Å²) in [5.74, 6) is 0.726. The first-order valence-electron chi connectivity index (χ1n) is 8.31. The molecule has 0 spiro atoms. The second-order valence-corrected chi connectivity index (χ2v) is 5.92. The van der Waals surface area contributed by atoms with Crippen molar-refractivity contribution in [3.63, 3.8) is 0 Å². The summed E-state index contributed by atoms with van der Waals surface area (Å²) in [5.41, 5.74) is 1.26. The van der Waals surface area contributed by atoms with Crippen LogP contribution in [-0.4, -0.2) is 30.2 Å². The Bertz CT molecular complexity index is 837. The molecule has 27 heavy (non-hydrogen) atoms. The van der Waals surface area contributed by atoms with E-state index < -0.39 is 11.0 Å². The van der Waals surface area contributed by atoms with E-state index in [2.05, 4.69) is 5.32 Å². The predicted molar refractivity (Wildman–Crippen MR) is 100 cm³/mol. The number of ether oxygens (including phenoxy) is 2. The number of nitrogens with zero attached hydrogens (tertiary/aromatic N) is 1. The fourth-order valence-corrected chi connectivity index (χ4v) is 2.69. The van der Waals surface area contributed by atoms with Crippen LogP contribution in [0.4, 0.5) is 11.4 Å². The van der Waals surface area contributed by atoms with Gasteiger partial charge in [0.05, 0.1) is 36.5 Å². The van der Waals surface area contributed by atoms with E-state index in [9.17, 15) is 20.0 Å². The average Bonchev–Trinajstić information content (AvgIpc) is 2.66. The second kappa shape index (κ2) is 9.00. The number of hydrogen-bond donors (Lipinski definition) is 2. The van der Waals surface area contributed by atoms with Gasteiger partial charge in [0.15, 0.2) is 0 Å². The number of nitro benzene ring substituents is 1. The quantitative estimate of drug-likeness (QED) is 0.541. The van der Waals surface area contributed by atoms with Gasteiger partial charge in [0.1, 0.15) is 11.5 Å². The molecule has 144 valence electrons. The normalized spacial score (nSPS) is 11.6. The van der Waals surface area contributed by atoms with E-state index in [-0.39, 0.29) is 24.4 Å². The topological polar surface area (TPSA) is 111 Å². The highest BCUT2D eigenvalue weighted by Gasteiger charge is 2.18. The summed E-state index contributed by atoms with van der Waals surface area (Å²) in [6.45, 7) is 1.57. The zero-order valence-corrected chi connectivity index (χ0v) is 15.4. The lowest BCUT2D eigenvalue weighted by Crippen LogP contribution is -2.14. The second-order valence-electron chi connectivity index (χ2n) is 5.92. The summed E-state index contributed by atoms with van der Waals surface area (Å²) in [7, 11) is 3.02. The molecule has 0 aliphatic rings. The van der Waals surface area contributed by atoms with Crippen molar-refractivity contribution in [2.24, 2.45) is 0 Å². The molecule has 2 N–H and O–H groups in total. The molecule has 8 nitrogen and oxygen atoms in total. The van der Waals surface area contributed by atoms with Crippen LogP contribution in [-0.2, 0) is 4.79 Å². The standard InChI is InChI=1S/C19H22N2O6/c1-12-15(5-4-6-16(12)21(24)25)20-19(23)10-9-17(22)14-8-7-13(26-2)11-18(14)27-3/h4-8,11,17,22H,9-10H2,1-3H3,(H,20,23). The lowest BCUT2D eigenvalue weighted by atomic mass is 10.0. The molecular formula is C19H22N2O6. The molecular weight excluding hydrogens is 352 g/mol. The van der Waals surface area contributed by atoms with Gasteiger partial charge in [-0.1, -0.05) is 6.07 Å². The average molecular weight is 374 g/mol. The summed E-state index contributed by atoms with van der Waals surface area (Å²) >= 11 is 0. The number of methoxy groups -OCH3 is 2. The molecule has 0 aliphatic heterocycles. The molecule has 1 amide bonds. The molecule has 0 fully saturated rings. The van der Waals surface area contributed by atoms with E-state index in [1.54, 1.807) is 31.2 Å². The Morgan fingerprint density at radius 2 is 2.00 bits per heavy atom. The van der Waals surface area contributed by atoms with Crippen molar-refractivity contribution in [1.82, 2.24) is 0 Å². The molecule has 0 aliphatic carbocycles.